The van der Waals surface area contributed by atoms with Crippen LogP contribution in [0.3, 0.4) is 0 Å². The van der Waals surface area contributed by atoms with Gasteiger partial charge in [-0.1, -0.05) is 0 Å². The molecule has 0 aromatic carbocycles. The molecular formula is C8H7NO+. The highest BCUT2D eigenvalue weighted by Crippen LogP contribution is 2.08. The third kappa shape index (κ3) is 0.620. The van der Waals surface area contributed by atoms with Crippen molar-refractivity contribution >= 4 is 11.1 Å². The molecule has 0 unspecified atom stereocenters. The summed E-state index contributed by atoms with van der Waals surface area (Å²) in [5, 5.41) is 1.08. The molecule has 0 aliphatic carbocycles. The zero-order valence-electron chi connectivity index (χ0n) is 5.45. The van der Waals surface area contributed by atoms with E-state index in [2.05, 4.69) is 7.05 Å². The van der Waals surface area contributed by atoms with Gasteiger partial charge in [0, 0.05) is 6.07 Å². The van der Waals surface area contributed by atoms with E-state index in [-0.39, 0.29) is 0 Å². The molecule has 2 nitrogen and oxygen atoms in total. The summed E-state index contributed by atoms with van der Waals surface area (Å²) >= 11 is 0. The summed E-state index contributed by atoms with van der Waals surface area (Å²) in [6.07, 6.45) is 3.51. The molecule has 0 fully saturated rings. The molecule has 2 rings (SSSR count). The maximum Gasteiger partial charge on any atom is 0.380 e. The van der Waals surface area contributed by atoms with Crippen LogP contribution in [0.15, 0.2) is 35.1 Å². The first-order valence-electron chi connectivity index (χ1n) is 3.07. The molecule has 10 heavy (non-hydrogen) atoms. The third-order valence-electron chi connectivity index (χ3n) is 1.48. The first-order valence-corrected chi connectivity index (χ1v) is 3.07. The minimum atomic E-state index is 0.808. The number of nitrogens with zero attached hydrogens (tertiary/aromatic N) is 1. The lowest BCUT2D eigenvalue weighted by Crippen LogP contribution is -2.24. The molecular weight excluding hydrogens is 126 g/mol. The van der Waals surface area contributed by atoms with Crippen molar-refractivity contribution in [3.8, 4) is 0 Å². The van der Waals surface area contributed by atoms with Gasteiger partial charge in [-0.05, 0) is 12.1 Å². The van der Waals surface area contributed by atoms with Gasteiger partial charge in [-0.15, -0.1) is 0 Å². The Morgan fingerprint density at radius 2 is 2.30 bits per heavy atom. The Morgan fingerprint density at radius 3 is 3.10 bits per heavy atom. The van der Waals surface area contributed by atoms with Crippen LogP contribution in [-0.2, 0) is 0 Å². The first kappa shape index (κ1) is 5.47. The van der Waals surface area contributed by atoms with E-state index in [1.54, 1.807) is 10.8 Å². The van der Waals surface area contributed by atoms with Gasteiger partial charge < -0.3 is 4.42 Å². The summed E-state index contributed by atoms with van der Waals surface area (Å²) in [5.41, 5.74) is 0.808. The monoisotopic (exact) mass is 133 g/mol. The molecule has 0 bridgehead atoms. The highest BCUT2D eigenvalue weighted by molar-refractivity contribution is 5.69. The lowest BCUT2D eigenvalue weighted by Gasteiger charge is -1.83. The van der Waals surface area contributed by atoms with E-state index in [0.29, 0.717) is 0 Å². The normalized spacial score (nSPS) is 10.5. The van der Waals surface area contributed by atoms with E-state index in [9.17, 15) is 0 Å². The smallest absolute Gasteiger partial charge is 0.380 e. The van der Waals surface area contributed by atoms with Crippen molar-refractivity contribution in [1.29, 1.82) is 0 Å². The fourth-order valence-electron chi connectivity index (χ4n) is 0.990. The van der Waals surface area contributed by atoms with Crippen LogP contribution in [-0.4, -0.2) is 0 Å². The molecule has 0 N–H and O–H groups in total. The Labute approximate surface area is 58.7 Å². The summed E-state index contributed by atoms with van der Waals surface area (Å²) in [6, 6.07) is 5.84. The molecule has 2 aromatic heterocycles. The second-order valence-corrected chi connectivity index (χ2v) is 2.16. The topological polar surface area (TPSA) is 17.0 Å². The van der Waals surface area contributed by atoms with Gasteiger partial charge >= 0.3 is 5.71 Å². The number of fused-ring (bicyclic) bond motifs is 1. The summed E-state index contributed by atoms with van der Waals surface area (Å²) in [7, 11) is 3.74. The van der Waals surface area contributed by atoms with Crippen LogP contribution in [0.1, 0.15) is 0 Å². The molecule has 2 heteroatoms. The molecule has 2 heterocycles. The van der Waals surface area contributed by atoms with Gasteiger partial charge in [-0.3, -0.25) is 0 Å². The van der Waals surface area contributed by atoms with Crippen LogP contribution >= 0.6 is 0 Å². The lowest BCUT2D eigenvalue weighted by atomic mass is 10.3. The third-order valence-corrected chi connectivity index (χ3v) is 1.48. The molecule has 0 amide bonds. The van der Waals surface area contributed by atoms with E-state index in [1.165, 1.54) is 0 Å². The first-order chi connectivity index (χ1) is 4.88. The summed E-state index contributed by atoms with van der Waals surface area (Å²) < 4.78 is 6.85. The zero-order chi connectivity index (χ0) is 6.97. The van der Waals surface area contributed by atoms with Gasteiger partial charge in [0.15, 0.2) is 6.20 Å². The van der Waals surface area contributed by atoms with Crippen molar-refractivity contribution in [2.45, 2.75) is 0 Å². The molecule has 0 aliphatic heterocycles. The van der Waals surface area contributed by atoms with Gasteiger partial charge in [-0.25, -0.2) is 0 Å². The predicted octanol–water partition coefficient (Wildman–Crippen LogP) is 1.36. The van der Waals surface area contributed by atoms with Gasteiger partial charge in [0.05, 0.1) is 11.6 Å². The van der Waals surface area contributed by atoms with Crippen molar-refractivity contribution < 1.29 is 8.98 Å². The fraction of sp³-hybridized carbons (Fsp3) is 0. The Balaban J connectivity index is 2.95. The standard InChI is InChI=1S/C8H7NO/c1-9-5-2-3-7-4-6-10-8(7)9/h2-6H,1H2/q+1. The van der Waals surface area contributed by atoms with E-state index in [0.717, 1.165) is 11.1 Å². The minimum absolute atomic E-state index is 0.808. The molecule has 0 saturated carbocycles. The number of pyridine rings is 1. The molecule has 2 aromatic rings. The quantitative estimate of drug-likeness (QED) is 0.496. The van der Waals surface area contributed by atoms with Gasteiger partial charge in [0.2, 0.25) is 7.05 Å². The average Bonchev–Trinajstić information content (AvgIpc) is 2.36. The Kier molecular flexibility index (Phi) is 1.01. The van der Waals surface area contributed by atoms with Crippen LogP contribution in [0.5, 0.6) is 0 Å². The largest absolute Gasteiger partial charge is 0.413 e. The molecule has 0 saturated heterocycles. The average molecular weight is 133 g/mol. The van der Waals surface area contributed by atoms with E-state index >= 15 is 0 Å². The SMILES string of the molecule is [CH2][n+]1cccc2ccoc21. The van der Waals surface area contributed by atoms with Crippen molar-refractivity contribution in [3.05, 3.63) is 37.7 Å². The van der Waals surface area contributed by atoms with Crippen molar-refractivity contribution in [2.24, 2.45) is 0 Å². The molecule has 0 atom stereocenters. The van der Waals surface area contributed by atoms with Crippen LogP contribution in [0.25, 0.3) is 11.1 Å². The van der Waals surface area contributed by atoms with Crippen LogP contribution < -0.4 is 4.57 Å². The number of hydrogen-bond acceptors (Lipinski definition) is 1. The van der Waals surface area contributed by atoms with E-state index in [4.69, 9.17) is 4.42 Å². The highest BCUT2D eigenvalue weighted by atomic mass is 16.3. The fourth-order valence-corrected chi connectivity index (χ4v) is 0.990. The number of rotatable bonds is 0. The summed E-state index contributed by atoms with van der Waals surface area (Å²) in [5.74, 6) is 0. The van der Waals surface area contributed by atoms with Gasteiger partial charge in [0.1, 0.15) is 0 Å². The Bertz CT molecular complexity index is 351. The maximum atomic E-state index is 5.15. The molecule has 0 spiro atoms. The van der Waals surface area contributed by atoms with E-state index < -0.39 is 0 Å². The summed E-state index contributed by atoms with van der Waals surface area (Å²) in [6.45, 7) is 0. The minimum Gasteiger partial charge on any atom is -0.413 e. The van der Waals surface area contributed by atoms with Crippen LogP contribution in [0.2, 0.25) is 0 Å². The van der Waals surface area contributed by atoms with Gasteiger partial charge in [0.25, 0.3) is 0 Å². The summed E-state index contributed by atoms with van der Waals surface area (Å²) in [4.78, 5) is 0. The van der Waals surface area contributed by atoms with Gasteiger partial charge in [-0.2, -0.15) is 4.57 Å². The Morgan fingerprint density at radius 1 is 1.40 bits per heavy atom. The van der Waals surface area contributed by atoms with Crippen LogP contribution in [0.4, 0.5) is 0 Å². The lowest BCUT2D eigenvalue weighted by molar-refractivity contribution is -0.591. The zero-order valence-corrected chi connectivity index (χ0v) is 5.45. The molecule has 0 aliphatic rings. The van der Waals surface area contributed by atoms with E-state index in [1.807, 2.05) is 24.4 Å². The van der Waals surface area contributed by atoms with Crippen molar-refractivity contribution in [2.75, 3.05) is 0 Å². The van der Waals surface area contributed by atoms with Crippen molar-refractivity contribution in [1.82, 2.24) is 0 Å². The Hall–Kier alpha value is -1.31. The molecule has 1 radical (unpaired) electrons. The van der Waals surface area contributed by atoms with Crippen molar-refractivity contribution in [3.63, 3.8) is 0 Å². The number of hydrogen-bond donors (Lipinski definition) is 0. The molecule has 49 valence electrons. The van der Waals surface area contributed by atoms with Crippen LogP contribution in [0, 0.1) is 7.05 Å². The number of aromatic nitrogens is 1. The highest BCUT2D eigenvalue weighted by Gasteiger charge is 2.04. The second kappa shape index (κ2) is 1.84. The second-order valence-electron chi connectivity index (χ2n) is 2.16. The predicted molar refractivity (Wildman–Crippen MR) is 37.2 cm³/mol. The number of furan rings is 1. The maximum absolute atomic E-state index is 5.15.